The number of aliphatic hydroxyl groups is 2. The van der Waals surface area contributed by atoms with Crippen LogP contribution in [0.2, 0.25) is 0 Å². The van der Waals surface area contributed by atoms with E-state index in [0.717, 1.165) is 5.57 Å². The quantitative estimate of drug-likeness (QED) is 0.0823. The van der Waals surface area contributed by atoms with E-state index in [9.17, 15) is 34.2 Å². The Labute approximate surface area is 383 Å². The molecule has 2 bridgehead atoms. The molecule has 12 unspecified atom stereocenters. The minimum atomic E-state index is -2.52. The number of esters is 1. The highest BCUT2D eigenvalue weighted by atomic mass is 32.1. The summed E-state index contributed by atoms with van der Waals surface area (Å²) in [6.45, 7) is 11.2. The number of hydrogen-bond acceptors (Lipinski definition) is 14. The van der Waals surface area contributed by atoms with Gasteiger partial charge in [-0.3, -0.25) is 19.2 Å². The van der Waals surface area contributed by atoms with Crippen LogP contribution in [-0.2, 0) is 47.6 Å². The number of rotatable bonds is 10. The zero-order chi connectivity index (χ0) is 46.9. The first-order valence-electron chi connectivity index (χ1n) is 23.2. The van der Waals surface area contributed by atoms with Crippen LogP contribution < -0.4 is 0 Å². The second kappa shape index (κ2) is 23.0. The Kier molecular flexibility index (Phi) is 18.7. The van der Waals surface area contributed by atoms with Gasteiger partial charge in [-0.05, 0) is 107 Å². The fourth-order valence-electron chi connectivity index (χ4n) is 10.3. The van der Waals surface area contributed by atoms with Crippen LogP contribution in [-0.4, -0.2) is 127 Å². The van der Waals surface area contributed by atoms with Crippen LogP contribution in [0.15, 0.2) is 40.8 Å². The molecule has 2 saturated heterocycles. The first-order valence-corrected chi connectivity index (χ1v) is 24.1. The Morgan fingerprint density at radius 3 is 2.39 bits per heavy atom. The molecule has 12 atom stereocenters. The largest absolute Gasteiger partial charge is 0.456 e. The maximum Gasteiger partial charge on any atom is 0.329 e. The molecular weight excluding hydrogens is 843 g/mol. The van der Waals surface area contributed by atoms with E-state index in [1.807, 2.05) is 51.3 Å². The van der Waals surface area contributed by atoms with Crippen LogP contribution in [0.1, 0.15) is 128 Å². The molecule has 5 rings (SSSR count). The number of thiophene rings is 1. The van der Waals surface area contributed by atoms with Gasteiger partial charge in [-0.15, -0.1) is 11.3 Å². The Bertz CT molecular complexity index is 1820. The highest BCUT2D eigenvalue weighted by Crippen LogP contribution is 2.42. The van der Waals surface area contributed by atoms with Crippen molar-refractivity contribution in [3.05, 3.63) is 45.7 Å². The van der Waals surface area contributed by atoms with Crippen LogP contribution in [0.3, 0.4) is 0 Å². The van der Waals surface area contributed by atoms with Gasteiger partial charge in [0.25, 0.3) is 11.7 Å². The zero-order valence-corrected chi connectivity index (χ0v) is 40.2. The molecule has 1 aliphatic carbocycles. The van der Waals surface area contributed by atoms with Gasteiger partial charge in [0.05, 0.1) is 23.2 Å². The fourth-order valence-corrected chi connectivity index (χ4v) is 11.0. The molecule has 14 nitrogen and oxygen atoms in total. The number of ketones is 3. The lowest BCUT2D eigenvalue weighted by molar-refractivity contribution is -0.344. The smallest absolute Gasteiger partial charge is 0.329 e. The minimum absolute atomic E-state index is 0.0324. The summed E-state index contributed by atoms with van der Waals surface area (Å²) in [5.74, 6) is -9.18. The molecule has 2 N–H and O–H groups in total. The molecule has 0 radical (unpaired) electrons. The Balaban J connectivity index is 1.47. The first kappa shape index (κ1) is 51.8. The molecule has 0 aromatic carbocycles. The van der Waals surface area contributed by atoms with Gasteiger partial charge in [0.2, 0.25) is 5.79 Å². The summed E-state index contributed by atoms with van der Waals surface area (Å²) in [5, 5.41) is 25.8. The van der Waals surface area contributed by atoms with Crippen LogP contribution in [0, 0.1) is 29.6 Å². The van der Waals surface area contributed by atoms with E-state index in [0.29, 0.717) is 74.7 Å². The van der Waals surface area contributed by atoms with Gasteiger partial charge in [-0.2, -0.15) is 0 Å². The number of piperidine rings is 1. The molecule has 64 heavy (non-hydrogen) atoms. The number of carbonyl (C=O) groups excluding carboxylic acids is 5. The van der Waals surface area contributed by atoms with Crippen molar-refractivity contribution < 1.29 is 62.6 Å². The third kappa shape index (κ3) is 12.0. The van der Waals surface area contributed by atoms with Gasteiger partial charge in [0.1, 0.15) is 30.6 Å². The number of fused-ring (bicyclic) bond motifs is 3. The lowest BCUT2D eigenvalue weighted by atomic mass is 9.81. The number of Topliss-reactive ketones (excluding diaryl/α,β-unsaturated/α-hetero) is 3. The second-order valence-corrected chi connectivity index (χ2v) is 19.8. The second-order valence-electron chi connectivity index (χ2n) is 18.8. The lowest BCUT2D eigenvalue weighted by Gasteiger charge is -2.48. The average molecular weight is 916 g/mol. The molecule has 1 saturated carbocycles. The number of allylic oxidation sites excluding steroid dienone is 3. The number of amides is 1. The van der Waals surface area contributed by atoms with Gasteiger partial charge >= 0.3 is 5.97 Å². The first-order chi connectivity index (χ1) is 30.4. The van der Waals surface area contributed by atoms with Crippen molar-refractivity contribution in [2.45, 2.75) is 167 Å². The minimum Gasteiger partial charge on any atom is -0.456 e. The van der Waals surface area contributed by atoms with Crippen molar-refractivity contribution in [3.63, 3.8) is 0 Å². The monoisotopic (exact) mass is 915 g/mol. The molecule has 0 spiro atoms. The van der Waals surface area contributed by atoms with E-state index in [1.165, 1.54) is 30.5 Å². The summed E-state index contributed by atoms with van der Waals surface area (Å²) < 4.78 is 36.5. The molecule has 4 heterocycles. The van der Waals surface area contributed by atoms with Crippen LogP contribution in [0.5, 0.6) is 0 Å². The molecular formula is C49H73NO13S. The SMILES string of the molecule is CCC1C=C(C)CC(C)CC(OC)(OC)C2CCC(C)C(O)(O2)C(=O)C(=O)N2CCCCC2C(=O)OC(C(C)=CC2CCC(OCC(=O)c3cccs3)C(OC)C2)C(C)C(O)CC1=O. The number of methoxy groups -OCH3 is 3. The topological polar surface area (TPSA) is 184 Å². The van der Waals surface area contributed by atoms with Crippen molar-refractivity contribution >= 4 is 40.6 Å². The third-order valence-electron chi connectivity index (χ3n) is 14.2. The number of hydrogen-bond donors (Lipinski definition) is 2. The van der Waals surface area contributed by atoms with Gasteiger partial charge in [0, 0.05) is 58.5 Å². The molecule has 15 heteroatoms. The molecule has 1 aromatic rings. The molecule has 3 aliphatic heterocycles. The van der Waals surface area contributed by atoms with Crippen LogP contribution >= 0.6 is 11.3 Å². The molecule has 4 aliphatic rings. The molecule has 358 valence electrons. The molecule has 1 amide bonds. The van der Waals surface area contributed by atoms with Crippen molar-refractivity contribution in [2.24, 2.45) is 29.6 Å². The molecule has 1 aromatic heterocycles. The van der Waals surface area contributed by atoms with E-state index >= 15 is 0 Å². The number of nitrogens with zero attached hydrogens (tertiary/aromatic N) is 1. The normalized spacial score (nSPS) is 35.5. The summed E-state index contributed by atoms with van der Waals surface area (Å²) in [4.78, 5) is 71.6. The van der Waals surface area contributed by atoms with Crippen molar-refractivity contribution in [1.82, 2.24) is 4.90 Å². The maximum atomic E-state index is 14.5. The van der Waals surface area contributed by atoms with Gasteiger partial charge in [0.15, 0.2) is 11.6 Å². The number of cyclic esters (lactones) is 1. The fraction of sp³-hybridized carbons (Fsp3) is 0.735. The van der Waals surface area contributed by atoms with Gasteiger partial charge in [-0.25, -0.2) is 4.79 Å². The van der Waals surface area contributed by atoms with Crippen molar-refractivity contribution in [1.29, 1.82) is 0 Å². The average Bonchev–Trinajstić information content (AvgIpc) is 3.84. The third-order valence-corrected chi connectivity index (χ3v) is 15.1. The highest BCUT2D eigenvalue weighted by Gasteiger charge is 2.57. The van der Waals surface area contributed by atoms with Crippen LogP contribution in [0.4, 0.5) is 0 Å². The Hall–Kier alpha value is -3.15. The van der Waals surface area contributed by atoms with E-state index in [1.54, 1.807) is 27.0 Å². The lowest BCUT2D eigenvalue weighted by Crippen LogP contribution is -2.64. The van der Waals surface area contributed by atoms with E-state index < -0.39 is 71.3 Å². The maximum absolute atomic E-state index is 14.5. The summed E-state index contributed by atoms with van der Waals surface area (Å²) in [6.07, 6.45) is 5.40. The van der Waals surface area contributed by atoms with E-state index in [2.05, 4.69) is 0 Å². The number of ether oxygens (including phenoxy) is 6. The van der Waals surface area contributed by atoms with Gasteiger partial charge in [-0.1, -0.05) is 51.5 Å². The zero-order valence-electron chi connectivity index (χ0n) is 39.4. The number of carbonyl (C=O) groups is 5. The van der Waals surface area contributed by atoms with E-state index in [-0.39, 0.29) is 61.6 Å². The summed E-state index contributed by atoms with van der Waals surface area (Å²) in [7, 11) is 4.58. The summed E-state index contributed by atoms with van der Waals surface area (Å²) in [5.41, 5.74) is 1.62. The Morgan fingerprint density at radius 1 is 1.00 bits per heavy atom. The predicted molar refractivity (Wildman–Crippen MR) is 240 cm³/mol. The number of aliphatic hydroxyl groups excluding tert-OH is 1. The molecule has 3 fully saturated rings. The van der Waals surface area contributed by atoms with Gasteiger partial charge < -0.3 is 43.5 Å². The van der Waals surface area contributed by atoms with E-state index in [4.69, 9.17) is 28.4 Å². The summed E-state index contributed by atoms with van der Waals surface area (Å²) in [6, 6.07) is 2.45. The highest BCUT2D eigenvalue weighted by molar-refractivity contribution is 7.12. The van der Waals surface area contributed by atoms with Crippen LogP contribution in [0.25, 0.3) is 0 Å². The Morgan fingerprint density at radius 2 is 1.73 bits per heavy atom. The predicted octanol–water partition coefficient (Wildman–Crippen LogP) is 6.79. The standard InChI is InChI=1S/C49H73NO13S/c1-10-35-23-29(2)22-30(3)27-48(59-8,60-9)43-19-16-32(5)49(57,63-43)45(54)46(55)50-20-12-11-14-36(50)47(56)62-44(33(6)37(51)26-38(35)52)31(4)24-34-17-18-40(41(25-34)58-7)61-28-39(53)42-15-13-21-64-42/h13,15,21,23-24,30,32-37,40-41,43-44,51,57H,10-12,14,16-20,22,25-28H2,1-9H3. The van der Waals surface area contributed by atoms with Crippen molar-refractivity contribution in [2.75, 3.05) is 34.5 Å². The van der Waals surface area contributed by atoms with Crippen molar-refractivity contribution in [3.8, 4) is 0 Å². The summed E-state index contributed by atoms with van der Waals surface area (Å²) >= 11 is 1.37.